The zero-order valence-electron chi connectivity index (χ0n) is 8.83. The van der Waals surface area contributed by atoms with E-state index < -0.39 is 11.7 Å². The third-order valence-corrected chi connectivity index (χ3v) is 1.91. The Morgan fingerprint density at radius 1 is 1.35 bits per heavy atom. The highest BCUT2D eigenvalue weighted by atomic mass is 35.5. The Labute approximate surface area is 102 Å². The molecule has 2 aromatic rings. The molecule has 7 nitrogen and oxygen atoms in total. The van der Waals surface area contributed by atoms with Crippen LogP contribution in [0, 0.1) is 0 Å². The van der Waals surface area contributed by atoms with Gasteiger partial charge in [-0.25, -0.2) is 14.4 Å². The van der Waals surface area contributed by atoms with E-state index in [1.165, 1.54) is 7.05 Å². The molecule has 0 aliphatic rings. The van der Waals surface area contributed by atoms with Gasteiger partial charge in [0.25, 0.3) is 0 Å². The number of nitrogens with one attached hydrogen (secondary N) is 1. The highest BCUT2D eigenvalue weighted by Crippen LogP contribution is 1.97. The first-order valence-corrected chi connectivity index (χ1v) is 4.50. The fourth-order valence-corrected chi connectivity index (χ4v) is 1.09. The quantitative estimate of drug-likeness (QED) is 0.509. The second kappa shape index (κ2) is 5.26. The maximum absolute atomic E-state index is 11.5. The number of H-pyrrole nitrogens is 1. The van der Waals surface area contributed by atoms with Crippen molar-refractivity contribution in [3.05, 3.63) is 46.4 Å². The van der Waals surface area contributed by atoms with Gasteiger partial charge in [0.05, 0.1) is 12.6 Å². The third-order valence-electron chi connectivity index (χ3n) is 1.91. The van der Waals surface area contributed by atoms with E-state index >= 15 is 0 Å². The monoisotopic (exact) mass is 256 g/mol. The highest BCUT2D eigenvalue weighted by Gasteiger charge is 2.18. The van der Waals surface area contributed by atoms with Crippen molar-refractivity contribution in [2.75, 3.05) is 0 Å². The molecule has 1 aromatic heterocycles. The summed E-state index contributed by atoms with van der Waals surface area (Å²) < 4.78 is 1.08. The fraction of sp³-hybridized carbons (Fsp3) is 0.111. The van der Waals surface area contributed by atoms with Gasteiger partial charge < -0.3 is 12.4 Å². The van der Waals surface area contributed by atoms with Gasteiger partial charge >= 0.3 is 11.7 Å². The molecule has 1 N–H and O–H groups in total. The molecular formula is C9H9ClN4O3. The summed E-state index contributed by atoms with van der Waals surface area (Å²) in [6.45, 7) is 0. The Morgan fingerprint density at radius 2 is 2.00 bits per heavy atom. The molecule has 0 unspecified atom stereocenters. The Morgan fingerprint density at radius 3 is 2.53 bits per heavy atom. The summed E-state index contributed by atoms with van der Waals surface area (Å²) in [6.07, 6.45) is 0. The minimum absolute atomic E-state index is 0. The highest BCUT2D eigenvalue weighted by molar-refractivity contribution is 5.89. The number of nitrogens with zero attached hydrogens (tertiary/aromatic N) is 3. The summed E-state index contributed by atoms with van der Waals surface area (Å²) in [7, 11) is 1.46. The minimum Gasteiger partial charge on any atom is -1.00 e. The number of tetrazole rings is 1. The molecule has 0 bridgehead atoms. The summed E-state index contributed by atoms with van der Waals surface area (Å²) >= 11 is 0. The normalized spacial score (nSPS) is 9.47. The van der Waals surface area contributed by atoms with Crippen LogP contribution in [0.5, 0.6) is 0 Å². The van der Waals surface area contributed by atoms with Gasteiger partial charge in [-0.15, -0.1) is 4.68 Å². The van der Waals surface area contributed by atoms with Crippen molar-refractivity contribution in [1.82, 2.24) is 14.7 Å². The fourth-order valence-electron chi connectivity index (χ4n) is 1.09. The van der Waals surface area contributed by atoms with E-state index in [1.807, 2.05) is 0 Å². The summed E-state index contributed by atoms with van der Waals surface area (Å²) in [4.78, 5) is 28.2. The lowest BCUT2D eigenvalue weighted by Gasteiger charge is -1.94. The van der Waals surface area contributed by atoms with E-state index in [2.05, 4.69) is 10.4 Å². The Kier molecular flexibility index (Phi) is 4.00. The molecular weight excluding hydrogens is 248 g/mol. The van der Waals surface area contributed by atoms with Gasteiger partial charge in [-0.1, -0.05) is 23.4 Å². The molecule has 8 heteroatoms. The van der Waals surface area contributed by atoms with Crippen LogP contribution in [-0.4, -0.2) is 20.7 Å². The SMILES string of the molecule is Cn1[nH+]nn(OC(=O)c2ccccc2)c1=O.[Cl-]. The van der Waals surface area contributed by atoms with Crippen molar-refractivity contribution in [1.29, 1.82) is 0 Å². The predicted molar refractivity (Wildman–Crippen MR) is 51.4 cm³/mol. The van der Waals surface area contributed by atoms with Gasteiger partial charge in [0.1, 0.15) is 4.85 Å². The average Bonchev–Trinajstić information content (AvgIpc) is 2.62. The smallest absolute Gasteiger partial charge is 0.509 e. The van der Waals surface area contributed by atoms with Crippen molar-refractivity contribution in [3.8, 4) is 0 Å². The first kappa shape index (κ1) is 12.9. The largest absolute Gasteiger partial charge is 1.00 e. The second-order valence-electron chi connectivity index (χ2n) is 3.06. The van der Waals surface area contributed by atoms with Gasteiger partial charge in [-0.05, 0) is 12.1 Å². The minimum atomic E-state index is -0.644. The number of aromatic nitrogens is 4. The molecule has 0 spiro atoms. The Bertz CT molecular complexity index is 563. The van der Waals surface area contributed by atoms with Gasteiger partial charge in [-0.2, -0.15) is 0 Å². The molecule has 0 aliphatic heterocycles. The van der Waals surface area contributed by atoms with Crippen LogP contribution in [0.2, 0.25) is 0 Å². The molecule has 0 amide bonds. The topological polar surface area (TPSA) is 80.3 Å². The molecule has 2 rings (SSSR count). The van der Waals surface area contributed by atoms with E-state index in [1.54, 1.807) is 30.3 Å². The van der Waals surface area contributed by atoms with E-state index in [-0.39, 0.29) is 12.4 Å². The van der Waals surface area contributed by atoms with Gasteiger partial charge in [-0.3, -0.25) is 0 Å². The summed E-state index contributed by atoms with van der Waals surface area (Å²) in [5, 5.41) is 5.81. The van der Waals surface area contributed by atoms with Crippen LogP contribution >= 0.6 is 0 Å². The van der Waals surface area contributed by atoms with Crippen LogP contribution in [0.1, 0.15) is 10.4 Å². The molecule has 1 heterocycles. The number of hydrogen-bond acceptors (Lipinski definition) is 4. The third kappa shape index (κ3) is 2.70. The van der Waals surface area contributed by atoms with Crippen LogP contribution in [-0.2, 0) is 7.05 Å². The molecule has 0 saturated heterocycles. The molecule has 0 saturated carbocycles. The first-order chi connectivity index (χ1) is 7.68. The number of aromatic amines is 1. The van der Waals surface area contributed by atoms with Crippen molar-refractivity contribution >= 4 is 5.97 Å². The molecule has 0 fully saturated rings. The number of halogens is 1. The van der Waals surface area contributed by atoms with Gasteiger partial charge in [0.2, 0.25) is 0 Å². The summed E-state index contributed by atoms with van der Waals surface area (Å²) in [5.74, 6) is -0.644. The van der Waals surface area contributed by atoms with Crippen LogP contribution in [0.3, 0.4) is 0 Å². The molecule has 90 valence electrons. The van der Waals surface area contributed by atoms with E-state index in [9.17, 15) is 9.59 Å². The van der Waals surface area contributed by atoms with E-state index in [4.69, 9.17) is 4.84 Å². The maximum atomic E-state index is 11.5. The van der Waals surface area contributed by atoms with Crippen LogP contribution in [0.4, 0.5) is 0 Å². The molecule has 0 radical (unpaired) electrons. The van der Waals surface area contributed by atoms with Crippen LogP contribution in [0.25, 0.3) is 0 Å². The lowest BCUT2D eigenvalue weighted by Crippen LogP contribution is -3.00. The summed E-state index contributed by atoms with van der Waals surface area (Å²) in [5.41, 5.74) is -0.218. The van der Waals surface area contributed by atoms with E-state index in [0.29, 0.717) is 10.4 Å². The molecule has 0 aliphatic carbocycles. The lowest BCUT2D eigenvalue weighted by atomic mass is 10.2. The Balaban J connectivity index is 0.00000144. The predicted octanol–water partition coefficient (Wildman–Crippen LogP) is -4.33. The number of rotatable bonds is 2. The molecule has 0 atom stereocenters. The number of aryl methyl sites for hydroxylation is 1. The number of carbonyl (C=O) groups is 1. The molecule has 17 heavy (non-hydrogen) atoms. The average molecular weight is 257 g/mol. The van der Waals surface area contributed by atoms with Crippen molar-refractivity contribution in [3.63, 3.8) is 0 Å². The second-order valence-corrected chi connectivity index (χ2v) is 3.06. The molecule has 1 aromatic carbocycles. The number of hydrogen-bond donors (Lipinski definition) is 0. The van der Waals surface area contributed by atoms with Crippen molar-refractivity contribution in [2.24, 2.45) is 7.05 Å². The van der Waals surface area contributed by atoms with Crippen LogP contribution in [0.15, 0.2) is 35.1 Å². The first-order valence-electron chi connectivity index (χ1n) is 4.50. The van der Waals surface area contributed by atoms with E-state index in [0.717, 1.165) is 4.68 Å². The standard InChI is InChI=1S/C9H8N4O3.ClH/c1-12-9(15)13(11-10-12)16-8(14)7-5-3-2-4-6-7;/h2-6H,1H3;1H. The van der Waals surface area contributed by atoms with Gasteiger partial charge in [0, 0.05) is 0 Å². The maximum Gasteiger partial charge on any atom is 0.509 e. The summed E-state index contributed by atoms with van der Waals surface area (Å²) in [6, 6.07) is 8.34. The van der Waals surface area contributed by atoms with Gasteiger partial charge in [0.15, 0.2) is 5.21 Å². The number of carbonyl (C=O) groups excluding carboxylic acids is 1. The van der Waals surface area contributed by atoms with Crippen LogP contribution < -0.4 is 28.1 Å². The lowest BCUT2D eigenvalue weighted by molar-refractivity contribution is -0.557. The Hall–Kier alpha value is -2.15. The zero-order valence-corrected chi connectivity index (χ0v) is 9.59. The van der Waals surface area contributed by atoms with Crippen molar-refractivity contribution in [2.45, 2.75) is 0 Å². The number of benzene rings is 1. The zero-order chi connectivity index (χ0) is 11.5. The van der Waals surface area contributed by atoms with Crippen molar-refractivity contribution < 1.29 is 27.3 Å².